The van der Waals surface area contributed by atoms with Crippen molar-refractivity contribution in [3.05, 3.63) is 95.7 Å². The summed E-state index contributed by atoms with van der Waals surface area (Å²) in [4.78, 5) is 14.0. The van der Waals surface area contributed by atoms with E-state index in [-0.39, 0.29) is 0 Å². The average molecular weight is 396 g/mol. The molecule has 0 unspecified atom stereocenters. The molecule has 0 spiro atoms. The third-order valence-electron chi connectivity index (χ3n) is 7.07. The number of benzene rings is 2. The maximum absolute atomic E-state index is 5.19. The number of aromatic nitrogens is 4. The van der Waals surface area contributed by atoms with E-state index in [2.05, 4.69) is 62.9 Å². The van der Waals surface area contributed by atoms with Crippen molar-refractivity contribution in [3.63, 3.8) is 0 Å². The second-order valence-corrected chi connectivity index (χ2v) is 8.51. The van der Waals surface area contributed by atoms with Crippen LogP contribution in [-0.4, -0.2) is 19.4 Å². The molecule has 2 aliphatic rings. The molecule has 0 atom stereocenters. The Morgan fingerprint density at radius 2 is 1.48 bits per heavy atom. The highest BCUT2D eigenvalue weighted by molar-refractivity contribution is 6.11. The highest BCUT2D eigenvalue weighted by Crippen LogP contribution is 2.47. The van der Waals surface area contributed by atoms with E-state index in [0.717, 1.165) is 45.9 Å². The number of hydrogen-bond acceptors (Lipinski definition) is 3. The van der Waals surface area contributed by atoms with E-state index in [1.54, 1.807) is 0 Å². The Bertz CT molecular complexity index is 1740. The van der Waals surface area contributed by atoms with Gasteiger partial charge in [-0.3, -0.25) is 14.4 Å². The number of hydrogen-bond donors (Lipinski definition) is 0. The molecule has 0 saturated carbocycles. The summed E-state index contributed by atoms with van der Waals surface area (Å²) >= 11 is 0. The summed E-state index contributed by atoms with van der Waals surface area (Å²) < 4.78 is 2.34. The lowest BCUT2D eigenvalue weighted by Gasteiger charge is -2.10. The van der Waals surface area contributed by atoms with Crippen LogP contribution in [0.3, 0.4) is 0 Å². The molecule has 2 aliphatic carbocycles. The van der Waals surface area contributed by atoms with Gasteiger partial charge in [0, 0.05) is 47.5 Å². The zero-order valence-corrected chi connectivity index (χ0v) is 16.6. The smallest absolute Gasteiger partial charge is 0.147 e. The first-order chi connectivity index (χ1) is 15.4. The van der Waals surface area contributed by atoms with Crippen molar-refractivity contribution in [2.24, 2.45) is 0 Å². The summed E-state index contributed by atoms with van der Waals surface area (Å²) in [5.74, 6) is 0. The van der Waals surface area contributed by atoms with E-state index in [1.165, 1.54) is 39.1 Å². The summed E-state index contributed by atoms with van der Waals surface area (Å²) in [5, 5.41) is 3.37. The van der Waals surface area contributed by atoms with Crippen LogP contribution in [0.5, 0.6) is 0 Å². The molecule has 4 aromatic heterocycles. The molecule has 144 valence electrons. The third-order valence-corrected chi connectivity index (χ3v) is 7.07. The van der Waals surface area contributed by atoms with Crippen molar-refractivity contribution < 1.29 is 0 Å². The largest absolute Gasteiger partial charge is 0.295 e. The summed E-state index contributed by atoms with van der Waals surface area (Å²) in [6.07, 6.45) is 9.53. The van der Waals surface area contributed by atoms with Crippen LogP contribution >= 0.6 is 0 Å². The van der Waals surface area contributed by atoms with E-state index >= 15 is 0 Å². The van der Waals surface area contributed by atoms with Gasteiger partial charge in [-0.2, -0.15) is 0 Å². The van der Waals surface area contributed by atoms with Crippen LogP contribution in [0.15, 0.2) is 73.3 Å². The molecule has 8 rings (SSSR count). The molecular weight excluding hydrogens is 380 g/mol. The maximum atomic E-state index is 5.19. The minimum atomic E-state index is 0.909. The molecule has 4 heterocycles. The van der Waals surface area contributed by atoms with Gasteiger partial charge < -0.3 is 0 Å². The molecule has 0 fully saturated rings. The standard InChI is InChI=1S/C27H16N4/c1-2-4-16-15(3-1)11-20-17(16)5-6-19-21(20)12-25-26(19)30-27-23-14-28-9-7-18(23)22-13-29-10-8-24(22)31(25)27/h1-10,13-14H,11-12H2. The minimum absolute atomic E-state index is 0.909. The topological polar surface area (TPSA) is 43.1 Å². The maximum Gasteiger partial charge on any atom is 0.147 e. The number of pyridine rings is 3. The number of rotatable bonds is 0. The summed E-state index contributed by atoms with van der Waals surface area (Å²) in [6.45, 7) is 0. The van der Waals surface area contributed by atoms with Crippen LogP contribution in [0.25, 0.3) is 49.7 Å². The van der Waals surface area contributed by atoms with Crippen LogP contribution in [0.2, 0.25) is 0 Å². The first kappa shape index (κ1) is 15.7. The molecular formula is C27H16N4. The first-order valence-electron chi connectivity index (χ1n) is 10.6. The van der Waals surface area contributed by atoms with Gasteiger partial charge in [0.25, 0.3) is 0 Å². The van der Waals surface area contributed by atoms with E-state index in [0.29, 0.717) is 0 Å². The van der Waals surface area contributed by atoms with Gasteiger partial charge in [0.2, 0.25) is 0 Å². The van der Waals surface area contributed by atoms with Gasteiger partial charge in [0.1, 0.15) is 5.65 Å². The molecule has 31 heavy (non-hydrogen) atoms. The van der Waals surface area contributed by atoms with Crippen LogP contribution < -0.4 is 0 Å². The molecule has 0 bridgehead atoms. The predicted molar refractivity (Wildman–Crippen MR) is 122 cm³/mol. The first-order valence-corrected chi connectivity index (χ1v) is 10.6. The fourth-order valence-electron chi connectivity index (χ4n) is 5.74. The fourth-order valence-corrected chi connectivity index (χ4v) is 5.74. The molecule has 4 nitrogen and oxygen atoms in total. The molecule has 6 aromatic rings. The van der Waals surface area contributed by atoms with Gasteiger partial charge in [-0.25, -0.2) is 4.98 Å². The molecule has 0 saturated heterocycles. The minimum Gasteiger partial charge on any atom is -0.295 e. The van der Waals surface area contributed by atoms with Crippen molar-refractivity contribution in [1.82, 2.24) is 19.4 Å². The molecule has 0 N–H and O–H groups in total. The number of fused-ring (bicyclic) bond motifs is 14. The summed E-state index contributed by atoms with van der Waals surface area (Å²) in [5.41, 5.74) is 12.9. The van der Waals surface area contributed by atoms with Crippen LogP contribution in [-0.2, 0) is 12.8 Å². The Morgan fingerprint density at radius 1 is 0.677 bits per heavy atom. The van der Waals surface area contributed by atoms with Gasteiger partial charge >= 0.3 is 0 Å². The number of imidazole rings is 1. The third kappa shape index (κ3) is 1.84. The lowest BCUT2D eigenvalue weighted by Crippen LogP contribution is -1.98. The monoisotopic (exact) mass is 396 g/mol. The molecule has 4 heteroatoms. The van der Waals surface area contributed by atoms with Crippen molar-refractivity contribution in [2.45, 2.75) is 12.8 Å². The highest BCUT2D eigenvalue weighted by atomic mass is 15.0. The quantitative estimate of drug-likeness (QED) is 0.315. The van der Waals surface area contributed by atoms with E-state index < -0.39 is 0 Å². The van der Waals surface area contributed by atoms with Gasteiger partial charge in [0.15, 0.2) is 0 Å². The van der Waals surface area contributed by atoms with E-state index in [4.69, 9.17) is 4.98 Å². The fraction of sp³-hybridized carbons (Fsp3) is 0.0741. The predicted octanol–water partition coefficient (Wildman–Crippen LogP) is 5.57. The Hall–Kier alpha value is -4.05. The van der Waals surface area contributed by atoms with E-state index in [9.17, 15) is 0 Å². The molecule has 0 amide bonds. The van der Waals surface area contributed by atoms with Crippen LogP contribution in [0, 0.1) is 0 Å². The molecule has 0 aliphatic heterocycles. The van der Waals surface area contributed by atoms with Crippen molar-refractivity contribution in [3.8, 4) is 22.4 Å². The SMILES string of the molecule is c1ccc2c(c1)Cc1c-2ccc2c1Cc1c-2nc2c3cnccc3c3cnccc3n12. The summed E-state index contributed by atoms with van der Waals surface area (Å²) in [6, 6.07) is 17.5. The Labute approximate surface area is 177 Å². The van der Waals surface area contributed by atoms with Gasteiger partial charge in [0.05, 0.1) is 16.9 Å². The Kier molecular flexibility index (Phi) is 2.72. The molecule has 0 radical (unpaired) electrons. The zero-order valence-electron chi connectivity index (χ0n) is 16.6. The molecule has 2 aromatic carbocycles. The van der Waals surface area contributed by atoms with Crippen molar-refractivity contribution in [2.75, 3.05) is 0 Å². The Morgan fingerprint density at radius 3 is 2.45 bits per heavy atom. The lowest BCUT2D eigenvalue weighted by molar-refractivity contribution is 1.07. The highest BCUT2D eigenvalue weighted by Gasteiger charge is 2.31. The Balaban J connectivity index is 1.47. The van der Waals surface area contributed by atoms with Crippen molar-refractivity contribution >= 4 is 27.3 Å². The zero-order chi connectivity index (χ0) is 20.1. The normalized spacial score (nSPS) is 13.5. The van der Waals surface area contributed by atoms with E-state index in [1.807, 2.05) is 24.8 Å². The second kappa shape index (κ2) is 5.35. The second-order valence-electron chi connectivity index (χ2n) is 8.51. The van der Waals surface area contributed by atoms with Gasteiger partial charge in [-0.1, -0.05) is 36.4 Å². The average Bonchev–Trinajstić information content (AvgIpc) is 3.49. The van der Waals surface area contributed by atoms with Crippen molar-refractivity contribution in [1.29, 1.82) is 0 Å². The number of nitrogens with zero attached hydrogens (tertiary/aromatic N) is 4. The lowest BCUT2D eigenvalue weighted by atomic mass is 9.97. The van der Waals surface area contributed by atoms with Gasteiger partial charge in [-0.15, -0.1) is 0 Å². The summed E-state index contributed by atoms with van der Waals surface area (Å²) in [7, 11) is 0. The van der Waals surface area contributed by atoms with Crippen LogP contribution in [0.4, 0.5) is 0 Å². The van der Waals surface area contributed by atoms with Gasteiger partial charge in [-0.05, 0) is 51.8 Å². The van der Waals surface area contributed by atoms with Crippen LogP contribution in [0.1, 0.15) is 22.4 Å².